The molecule has 2 heterocycles. The minimum Gasteiger partial charge on any atom is -0.481 e. The summed E-state index contributed by atoms with van der Waals surface area (Å²) < 4.78 is 0. The number of carboxylic acid groups (broad SMARTS) is 1. The maximum atomic E-state index is 10.5. The third kappa shape index (κ3) is 2.21. The van der Waals surface area contributed by atoms with Crippen molar-refractivity contribution < 1.29 is 9.90 Å². The Morgan fingerprint density at radius 1 is 1.50 bits per heavy atom. The highest BCUT2D eigenvalue weighted by Crippen LogP contribution is 2.34. The van der Waals surface area contributed by atoms with E-state index in [0.29, 0.717) is 6.42 Å². The number of nitrogens with two attached hydrogens (primary N) is 1. The van der Waals surface area contributed by atoms with E-state index in [2.05, 4.69) is 11.0 Å². The zero-order valence-corrected chi connectivity index (χ0v) is 9.41. The zero-order valence-electron chi connectivity index (χ0n) is 9.41. The van der Waals surface area contributed by atoms with E-state index in [1.54, 1.807) is 0 Å². The molecule has 1 saturated heterocycles. The van der Waals surface area contributed by atoms with Gasteiger partial charge in [-0.2, -0.15) is 0 Å². The van der Waals surface area contributed by atoms with E-state index in [-0.39, 0.29) is 6.42 Å². The van der Waals surface area contributed by atoms with Crippen LogP contribution in [0.3, 0.4) is 0 Å². The van der Waals surface area contributed by atoms with Gasteiger partial charge in [0.25, 0.3) is 0 Å². The number of allylic oxidation sites excluding steroid dienone is 3. The lowest BCUT2D eigenvalue weighted by molar-refractivity contribution is -0.137. The van der Waals surface area contributed by atoms with Crippen LogP contribution in [-0.4, -0.2) is 22.5 Å². The summed E-state index contributed by atoms with van der Waals surface area (Å²) in [6.07, 6.45) is 7.26. The summed E-state index contributed by atoms with van der Waals surface area (Å²) in [5.74, 6) is -0.724. The second kappa shape index (κ2) is 4.60. The molecule has 0 radical (unpaired) electrons. The largest absolute Gasteiger partial charge is 0.481 e. The molecule has 88 valence electrons. The van der Waals surface area contributed by atoms with Crippen molar-refractivity contribution >= 4 is 5.97 Å². The highest BCUT2D eigenvalue weighted by Gasteiger charge is 2.24. The maximum absolute atomic E-state index is 10.5. The van der Waals surface area contributed by atoms with Gasteiger partial charge in [-0.25, -0.2) is 0 Å². The first-order valence-corrected chi connectivity index (χ1v) is 5.84. The number of rotatable bonds is 4. The molecule has 0 unspecified atom stereocenters. The van der Waals surface area contributed by atoms with Crippen LogP contribution in [0.1, 0.15) is 38.5 Å². The summed E-state index contributed by atoms with van der Waals surface area (Å²) in [6, 6.07) is 0. The maximum Gasteiger partial charge on any atom is 0.303 e. The number of piperidine rings is 1. The van der Waals surface area contributed by atoms with Crippen molar-refractivity contribution in [1.29, 1.82) is 0 Å². The van der Waals surface area contributed by atoms with Gasteiger partial charge in [-0.3, -0.25) is 4.79 Å². The molecule has 3 N–H and O–H groups in total. The summed E-state index contributed by atoms with van der Waals surface area (Å²) in [7, 11) is 0. The van der Waals surface area contributed by atoms with Crippen LogP contribution in [0.15, 0.2) is 23.2 Å². The number of hydrogen-bond acceptors (Lipinski definition) is 3. The van der Waals surface area contributed by atoms with Gasteiger partial charge in [-0.15, -0.1) is 0 Å². The lowest BCUT2D eigenvalue weighted by Gasteiger charge is -2.38. The van der Waals surface area contributed by atoms with Crippen LogP contribution in [-0.2, 0) is 4.79 Å². The molecule has 16 heavy (non-hydrogen) atoms. The number of nitrogens with zero attached hydrogens (tertiary/aromatic N) is 1. The topological polar surface area (TPSA) is 66.6 Å². The van der Waals surface area contributed by atoms with Crippen LogP contribution in [0.25, 0.3) is 0 Å². The molecule has 1 fully saturated rings. The van der Waals surface area contributed by atoms with Crippen LogP contribution in [0.2, 0.25) is 0 Å². The second-order valence-electron chi connectivity index (χ2n) is 4.37. The Hall–Kier alpha value is -1.45. The predicted molar refractivity (Wildman–Crippen MR) is 61.3 cm³/mol. The molecular weight excluding hydrogens is 204 g/mol. The van der Waals surface area contributed by atoms with Crippen LogP contribution < -0.4 is 5.73 Å². The fourth-order valence-electron chi connectivity index (χ4n) is 2.44. The van der Waals surface area contributed by atoms with Gasteiger partial charge in [-0.1, -0.05) is 6.08 Å². The molecule has 2 rings (SSSR count). The highest BCUT2D eigenvalue weighted by atomic mass is 16.4. The molecule has 4 heteroatoms. The Morgan fingerprint density at radius 3 is 3.06 bits per heavy atom. The Labute approximate surface area is 95.4 Å². The standard InChI is InChI=1S/C12H18N2O2/c13-10-7-6-9-3-1-4-11(10)14(9)8-2-5-12(15)16/h6H,1-5,7-8,13H2,(H,15,16). The van der Waals surface area contributed by atoms with Crippen molar-refractivity contribution in [2.24, 2.45) is 5.73 Å². The minimum atomic E-state index is -0.724. The molecule has 0 atom stereocenters. The number of carboxylic acids is 1. The van der Waals surface area contributed by atoms with Gasteiger partial charge < -0.3 is 15.7 Å². The molecular formula is C12H18N2O2. The summed E-state index contributed by atoms with van der Waals surface area (Å²) in [6.45, 7) is 0.786. The van der Waals surface area contributed by atoms with E-state index in [4.69, 9.17) is 10.8 Å². The van der Waals surface area contributed by atoms with Crippen molar-refractivity contribution in [3.63, 3.8) is 0 Å². The van der Waals surface area contributed by atoms with Gasteiger partial charge >= 0.3 is 5.97 Å². The van der Waals surface area contributed by atoms with Crippen LogP contribution in [0.5, 0.6) is 0 Å². The minimum absolute atomic E-state index is 0.233. The molecule has 0 aliphatic carbocycles. The lowest BCUT2D eigenvalue weighted by Crippen LogP contribution is -2.32. The molecule has 2 bridgehead atoms. The smallest absolute Gasteiger partial charge is 0.303 e. The van der Waals surface area contributed by atoms with Crippen LogP contribution >= 0.6 is 0 Å². The molecule has 2 aliphatic heterocycles. The molecule has 0 aromatic rings. The van der Waals surface area contributed by atoms with E-state index in [9.17, 15) is 4.79 Å². The Kier molecular flexibility index (Phi) is 3.17. The quantitative estimate of drug-likeness (QED) is 0.761. The zero-order chi connectivity index (χ0) is 11.5. The van der Waals surface area contributed by atoms with Gasteiger partial charge in [0.1, 0.15) is 0 Å². The fraction of sp³-hybridized carbons (Fsp3) is 0.583. The van der Waals surface area contributed by atoms with E-state index in [0.717, 1.165) is 37.9 Å². The lowest BCUT2D eigenvalue weighted by atomic mass is 9.96. The molecule has 0 aromatic heterocycles. The fourth-order valence-corrected chi connectivity index (χ4v) is 2.44. The monoisotopic (exact) mass is 222 g/mol. The number of aliphatic carboxylic acids is 1. The Balaban J connectivity index is 2.00. The van der Waals surface area contributed by atoms with Crippen LogP contribution in [0, 0.1) is 0 Å². The molecule has 2 aliphatic rings. The first kappa shape index (κ1) is 11.0. The third-order valence-electron chi connectivity index (χ3n) is 3.22. The number of fused-ring (bicyclic) bond motifs is 2. The third-order valence-corrected chi connectivity index (χ3v) is 3.22. The average Bonchev–Trinajstić information content (AvgIpc) is 2.23. The number of carbonyl (C=O) groups is 1. The van der Waals surface area contributed by atoms with Crippen molar-refractivity contribution in [3.8, 4) is 0 Å². The van der Waals surface area contributed by atoms with Gasteiger partial charge in [0.05, 0.1) is 0 Å². The first-order chi connectivity index (χ1) is 7.68. The molecule has 0 aromatic carbocycles. The average molecular weight is 222 g/mol. The summed E-state index contributed by atoms with van der Waals surface area (Å²) in [4.78, 5) is 12.7. The SMILES string of the molecule is NC1=C2CCCC(=CC1)N2CCCC(=O)O. The van der Waals surface area contributed by atoms with E-state index >= 15 is 0 Å². The van der Waals surface area contributed by atoms with E-state index in [1.807, 2.05) is 0 Å². The molecule has 0 spiro atoms. The van der Waals surface area contributed by atoms with Gasteiger partial charge in [0, 0.05) is 36.5 Å². The van der Waals surface area contributed by atoms with Crippen molar-refractivity contribution in [3.05, 3.63) is 23.2 Å². The van der Waals surface area contributed by atoms with E-state index < -0.39 is 5.97 Å². The van der Waals surface area contributed by atoms with Crippen LogP contribution in [0.4, 0.5) is 0 Å². The summed E-state index contributed by atoms with van der Waals surface area (Å²) in [5.41, 5.74) is 9.51. The van der Waals surface area contributed by atoms with Crippen molar-refractivity contribution in [1.82, 2.24) is 4.90 Å². The normalized spacial score (nSPS) is 19.8. The van der Waals surface area contributed by atoms with Gasteiger partial charge in [0.15, 0.2) is 0 Å². The highest BCUT2D eigenvalue weighted by molar-refractivity contribution is 5.66. The molecule has 0 saturated carbocycles. The van der Waals surface area contributed by atoms with E-state index in [1.165, 1.54) is 11.4 Å². The predicted octanol–water partition coefficient (Wildman–Crippen LogP) is 1.80. The Morgan fingerprint density at radius 2 is 2.31 bits per heavy atom. The second-order valence-corrected chi connectivity index (χ2v) is 4.37. The Bertz CT molecular complexity index is 358. The first-order valence-electron chi connectivity index (χ1n) is 5.84. The molecule has 0 amide bonds. The summed E-state index contributed by atoms with van der Waals surface area (Å²) >= 11 is 0. The number of hydrogen-bond donors (Lipinski definition) is 2. The van der Waals surface area contributed by atoms with Gasteiger partial charge in [0.2, 0.25) is 0 Å². The molecule has 4 nitrogen and oxygen atoms in total. The van der Waals surface area contributed by atoms with Gasteiger partial charge in [-0.05, 0) is 25.7 Å². The van der Waals surface area contributed by atoms with Crippen molar-refractivity contribution in [2.75, 3.05) is 6.54 Å². The summed E-state index contributed by atoms with van der Waals surface area (Å²) in [5, 5.41) is 8.63. The van der Waals surface area contributed by atoms with Crippen molar-refractivity contribution in [2.45, 2.75) is 38.5 Å².